The van der Waals surface area contributed by atoms with E-state index in [1.165, 1.54) is 4.88 Å². The van der Waals surface area contributed by atoms with Gasteiger partial charge in [-0.15, -0.1) is 11.3 Å². The van der Waals surface area contributed by atoms with E-state index in [1.807, 2.05) is 24.3 Å². The number of nitrogens with two attached hydrogens (primary N) is 1. The number of halogens is 1. The molecule has 0 amide bonds. The number of nitrogens with zero attached hydrogens (tertiary/aromatic N) is 1. The summed E-state index contributed by atoms with van der Waals surface area (Å²) in [6, 6.07) is 7.69. The number of anilines is 1. The van der Waals surface area contributed by atoms with E-state index in [2.05, 4.69) is 10.3 Å². The predicted molar refractivity (Wildman–Crippen MR) is 81.6 cm³/mol. The molecule has 0 aromatic carbocycles. The van der Waals surface area contributed by atoms with Crippen molar-refractivity contribution in [3.63, 3.8) is 0 Å². The molecule has 0 fully saturated rings. The fourth-order valence-corrected chi connectivity index (χ4v) is 2.67. The smallest absolute Gasteiger partial charge is 0.122 e. The third kappa shape index (κ3) is 3.66. The van der Waals surface area contributed by atoms with Gasteiger partial charge in [0.15, 0.2) is 0 Å². The number of thiocarbonyl (C=S) groups is 1. The first kappa shape index (κ1) is 13.3. The first-order valence-corrected chi connectivity index (χ1v) is 6.99. The summed E-state index contributed by atoms with van der Waals surface area (Å²) in [5, 5.41) is 3.29. The molecule has 3 nitrogen and oxygen atoms in total. The maximum Gasteiger partial charge on any atom is 0.122 e. The number of aromatic nitrogens is 1. The number of nitrogens with one attached hydrogen (secondary N) is 1. The van der Waals surface area contributed by atoms with E-state index in [0.29, 0.717) is 10.7 Å². The molecule has 6 heteroatoms. The van der Waals surface area contributed by atoms with Gasteiger partial charge in [-0.1, -0.05) is 23.8 Å². The molecule has 0 saturated carbocycles. The maximum atomic E-state index is 5.87. The maximum absolute atomic E-state index is 5.87. The van der Waals surface area contributed by atoms with Crippen molar-refractivity contribution in [3.8, 4) is 0 Å². The molecule has 0 radical (unpaired) electrons. The Labute approximate surface area is 120 Å². The van der Waals surface area contributed by atoms with Crippen molar-refractivity contribution in [3.05, 3.63) is 45.4 Å². The van der Waals surface area contributed by atoms with E-state index in [-0.39, 0.29) is 0 Å². The van der Waals surface area contributed by atoms with Crippen LogP contribution in [0.5, 0.6) is 0 Å². The standard InChI is InChI=1S/C12H12ClN3S2/c13-11-4-2-9(18-11)5-6-15-8-1-3-10(12(14)17)16-7-8/h1-4,7,15H,5-6H2,(H2,14,17). The Morgan fingerprint density at radius 2 is 2.22 bits per heavy atom. The third-order valence-electron chi connectivity index (χ3n) is 2.35. The van der Waals surface area contributed by atoms with Crippen molar-refractivity contribution in [2.24, 2.45) is 5.73 Å². The van der Waals surface area contributed by atoms with Crippen LogP contribution in [0.1, 0.15) is 10.6 Å². The van der Waals surface area contributed by atoms with Gasteiger partial charge in [0.05, 0.1) is 21.9 Å². The largest absolute Gasteiger partial charge is 0.388 e. The molecule has 2 aromatic heterocycles. The average Bonchev–Trinajstić information content (AvgIpc) is 2.76. The fraction of sp³-hybridized carbons (Fsp3) is 0.167. The normalized spacial score (nSPS) is 10.3. The first-order chi connectivity index (χ1) is 8.65. The van der Waals surface area contributed by atoms with Crippen LogP contribution in [0.3, 0.4) is 0 Å². The molecule has 0 unspecified atom stereocenters. The minimum Gasteiger partial charge on any atom is -0.388 e. The van der Waals surface area contributed by atoms with E-state index in [9.17, 15) is 0 Å². The number of hydrogen-bond donors (Lipinski definition) is 2. The van der Waals surface area contributed by atoms with Crippen LogP contribution in [0.25, 0.3) is 0 Å². The van der Waals surface area contributed by atoms with Crippen molar-refractivity contribution in [2.45, 2.75) is 6.42 Å². The van der Waals surface area contributed by atoms with Crippen LogP contribution in [0, 0.1) is 0 Å². The van der Waals surface area contributed by atoms with Crippen LogP contribution in [-0.4, -0.2) is 16.5 Å². The molecule has 2 rings (SSSR count). The van der Waals surface area contributed by atoms with Crippen LogP contribution in [0.4, 0.5) is 5.69 Å². The number of pyridine rings is 1. The Balaban J connectivity index is 1.85. The van der Waals surface area contributed by atoms with Crippen molar-refractivity contribution in [2.75, 3.05) is 11.9 Å². The summed E-state index contributed by atoms with van der Waals surface area (Å²) in [7, 11) is 0. The summed E-state index contributed by atoms with van der Waals surface area (Å²) in [6.45, 7) is 0.838. The topological polar surface area (TPSA) is 50.9 Å². The molecule has 0 spiro atoms. The minimum atomic E-state index is 0.315. The van der Waals surface area contributed by atoms with E-state index in [1.54, 1.807) is 17.5 Å². The molecule has 94 valence electrons. The van der Waals surface area contributed by atoms with Crippen molar-refractivity contribution in [1.82, 2.24) is 4.98 Å². The summed E-state index contributed by atoms with van der Waals surface area (Å²) in [4.78, 5) is 5.74. The van der Waals surface area contributed by atoms with Gasteiger partial charge >= 0.3 is 0 Å². The molecular weight excluding hydrogens is 286 g/mol. The Kier molecular flexibility index (Phi) is 4.52. The average molecular weight is 298 g/mol. The lowest BCUT2D eigenvalue weighted by atomic mass is 10.3. The highest BCUT2D eigenvalue weighted by Crippen LogP contribution is 2.21. The van der Waals surface area contributed by atoms with E-state index in [0.717, 1.165) is 23.0 Å². The van der Waals surface area contributed by atoms with Crippen molar-refractivity contribution in [1.29, 1.82) is 0 Å². The molecule has 0 saturated heterocycles. The molecule has 2 aromatic rings. The van der Waals surface area contributed by atoms with Gasteiger partial charge in [-0.05, 0) is 30.7 Å². The Hall–Kier alpha value is -1.17. The van der Waals surface area contributed by atoms with Crippen LogP contribution in [-0.2, 0) is 6.42 Å². The lowest BCUT2D eigenvalue weighted by molar-refractivity contribution is 1.04. The summed E-state index contributed by atoms with van der Waals surface area (Å²) < 4.78 is 0.826. The molecule has 0 aliphatic heterocycles. The van der Waals surface area contributed by atoms with Gasteiger partial charge in [-0.3, -0.25) is 4.98 Å². The second-order valence-corrected chi connectivity index (χ2v) is 5.92. The summed E-state index contributed by atoms with van der Waals surface area (Å²) in [6.07, 6.45) is 2.67. The van der Waals surface area contributed by atoms with Crippen molar-refractivity contribution >= 4 is 45.8 Å². The molecule has 0 aliphatic rings. The monoisotopic (exact) mass is 297 g/mol. The molecule has 0 bridgehead atoms. The highest BCUT2D eigenvalue weighted by Gasteiger charge is 2.00. The third-order valence-corrected chi connectivity index (χ3v) is 3.85. The SMILES string of the molecule is NC(=S)c1ccc(NCCc2ccc(Cl)s2)cn1. The second-order valence-electron chi connectivity index (χ2n) is 3.68. The molecule has 3 N–H and O–H groups in total. The molecular formula is C12H12ClN3S2. The summed E-state index contributed by atoms with van der Waals surface area (Å²) in [5.41, 5.74) is 7.08. The van der Waals surface area contributed by atoms with Gasteiger partial charge in [0, 0.05) is 11.4 Å². The van der Waals surface area contributed by atoms with Crippen LogP contribution in [0.2, 0.25) is 4.34 Å². The van der Waals surface area contributed by atoms with Crippen LogP contribution < -0.4 is 11.1 Å². The van der Waals surface area contributed by atoms with Gasteiger partial charge in [0.1, 0.15) is 4.99 Å². The Morgan fingerprint density at radius 3 is 2.78 bits per heavy atom. The van der Waals surface area contributed by atoms with Gasteiger partial charge < -0.3 is 11.1 Å². The van der Waals surface area contributed by atoms with Gasteiger partial charge in [0.25, 0.3) is 0 Å². The number of hydrogen-bond acceptors (Lipinski definition) is 4. The lowest BCUT2D eigenvalue weighted by Gasteiger charge is -2.05. The fourth-order valence-electron chi connectivity index (χ4n) is 1.46. The van der Waals surface area contributed by atoms with Gasteiger partial charge in [-0.2, -0.15) is 0 Å². The number of rotatable bonds is 5. The summed E-state index contributed by atoms with van der Waals surface area (Å²) >= 11 is 12.3. The lowest BCUT2D eigenvalue weighted by Crippen LogP contribution is -2.11. The van der Waals surface area contributed by atoms with Crippen LogP contribution in [0.15, 0.2) is 30.5 Å². The molecule has 0 aliphatic carbocycles. The zero-order valence-electron chi connectivity index (χ0n) is 9.52. The zero-order chi connectivity index (χ0) is 13.0. The molecule has 0 atom stereocenters. The Bertz CT molecular complexity index is 537. The Morgan fingerprint density at radius 1 is 1.39 bits per heavy atom. The highest BCUT2D eigenvalue weighted by atomic mass is 35.5. The minimum absolute atomic E-state index is 0.315. The summed E-state index contributed by atoms with van der Waals surface area (Å²) in [5.74, 6) is 0. The first-order valence-electron chi connectivity index (χ1n) is 5.39. The highest BCUT2D eigenvalue weighted by molar-refractivity contribution is 7.80. The quantitative estimate of drug-likeness (QED) is 0.833. The van der Waals surface area contributed by atoms with Crippen LogP contribution >= 0.6 is 35.2 Å². The predicted octanol–water partition coefficient (Wildman–Crippen LogP) is 3.09. The van der Waals surface area contributed by atoms with Crippen molar-refractivity contribution < 1.29 is 0 Å². The van der Waals surface area contributed by atoms with E-state index in [4.69, 9.17) is 29.6 Å². The van der Waals surface area contributed by atoms with E-state index < -0.39 is 0 Å². The molecule has 18 heavy (non-hydrogen) atoms. The van der Waals surface area contributed by atoms with Gasteiger partial charge in [-0.25, -0.2) is 0 Å². The van der Waals surface area contributed by atoms with Gasteiger partial charge in [0.2, 0.25) is 0 Å². The second kappa shape index (κ2) is 6.13. The molecule has 2 heterocycles. The van der Waals surface area contributed by atoms with E-state index >= 15 is 0 Å². The number of thiophene rings is 1. The zero-order valence-corrected chi connectivity index (χ0v) is 11.9.